The molecule has 1 heterocycles. The van der Waals surface area contributed by atoms with Crippen LogP contribution in [0.5, 0.6) is 0 Å². The van der Waals surface area contributed by atoms with Gasteiger partial charge in [0.25, 0.3) is 0 Å². The molecule has 0 amide bonds. The van der Waals surface area contributed by atoms with Crippen molar-refractivity contribution in [1.29, 1.82) is 0 Å². The van der Waals surface area contributed by atoms with E-state index in [2.05, 4.69) is 0 Å². The SMILES string of the molecule is NCc1ccc(CN2CC(O)C(O)C2)cc1. The summed E-state index contributed by atoms with van der Waals surface area (Å²) in [5, 5.41) is 18.8. The van der Waals surface area contributed by atoms with Gasteiger partial charge < -0.3 is 15.9 Å². The molecule has 1 aromatic rings. The van der Waals surface area contributed by atoms with Gasteiger partial charge in [0.2, 0.25) is 0 Å². The standard InChI is InChI=1S/C12H18N2O2/c13-5-9-1-3-10(4-2-9)6-14-7-11(15)12(16)8-14/h1-4,11-12,15-16H,5-8,13H2. The predicted octanol–water partition coefficient (Wildman–Crippen LogP) is -0.317. The van der Waals surface area contributed by atoms with Crippen molar-refractivity contribution in [3.05, 3.63) is 35.4 Å². The molecule has 1 aliphatic heterocycles. The van der Waals surface area contributed by atoms with Crippen LogP contribution >= 0.6 is 0 Å². The van der Waals surface area contributed by atoms with Crippen LogP contribution in [-0.2, 0) is 13.1 Å². The number of hydrogen-bond donors (Lipinski definition) is 3. The second-order valence-electron chi connectivity index (χ2n) is 4.35. The molecule has 4 N–H and O–H groups in total. The number of nitrogens with zero attached hydrogens (tertiary/aromatic N) is 1. The molecule has 2 unspecified atom stereocenters. The van der Waals surface area contributed by atoms with Gasteiger partial charge in [0.05, 0.1) is 12.2 Å². The fourth-order valence-corrected chi connectivity index (χ4v) is 2.02. The van der Waals surface area contributed by atoms with Crippen LogP contribution in [0.1, 0.15) is 11.1 Å². The Morgan fingerprint density at radius 1 is 1.06 bits per heavy atom. The van der Waals surface area contributed by atoms with E-state index in [0.717, 1.165) is 12.1 Å². The first-order chi connectivity index (χ1) is 7.69. The van der Waals surface area contributed by atoms with Crippen LogP contribution in [0.15, 0.2) is 24.3 Å². The van der Waals surface area contributed by atoms with E-state index < -0.39 is 12.2 Å². The molecule has 1 aromatic carbocycles. The second-order valence-corrected chi connectivity index (χ2v) is 4.35. The van der Waals surface area contributed by atoms with Crippen molar-refractivity contribution in [2.45, 2.75) is 25.3 Å². The van der Waals surface area contributed by atoms with Crippen molar-refractivity contribution < 1.29 is 10.2 Å². The molecule has 88 valence electrons. The topological polar surface area (TPSA) is 69.7 Å². The van der Waals surface area contributed by atoms with E-state index in [0.29, 0.717) is 19.6 Å². The Bertz CT molecular complexity index is 329. The van der Waals surface area contributed by atoms with Crippen LogP contribution in [0.3, 0.4) is 0 Å². The zero-order valence-electron chi connectivity index (χ0n) is 9.21. The summed E-state index contributed by atoms with van der Waals surface area (Å²) >= 11 is 0. The number of nitrogens with two attached hydrogens (primary N) is 1. The summed E-state index contributed by atoms with van der Waals surface area (Å²) in [5.41, 5.74) is 7.82. The summed E-state index contributed by atoms with van der Waals surface area (Å²) in [6.45, 7) is 2.40. The van der Waals surface area contributed by atoms with E-state index in [1.807, 2.05) is 29.2 Å². The van der Waals surface area contributed by atoms with Crippen LogP contribution < -0.4 is 5.73 Å². The number of rotatable bonds is 3. The van der Waals surface area contributed by atoms with Crippen molar-refractivity contribution in [3.63, 3.8) is 0 Å². The molecule has 0 bridgehead atoms. The second kappa shape index (κ2) is 4.93. The van der Waals surface area contributed by atoms with E-state index in [1.54, 1.807) is 0 Å². The lowest BCUT2D eigenvalue weighted by Crippen LogP contribution is -2.22. The molecule has 0 saturated carbocycles. The molecule has 1 saturated heterocycles. The van der Waals surface area contributed by atoms with Gasteiger partial charge in [-0.15, -0.1) is 0 Å². The van der Waals surface area contributed by atoms with Crippen LogP contribution in [0, 0.1) is 0 Å². The molecule has 0 radical (unpaired) electrons. The highest BCUT2D eigenvalue weighted by Crippen LogP contribution is 2.14. The van der Waals surface area contributed by atoms with Gasteiger partial charge in [0.15, 0.2) is 0 Å². The largest absolute Gasteiger partial charge is 0.389 e. The van der Waals surface area contributed by atoms with Crippen LogP contribution in [0.4, 0.5) is 0 Å². The molecule has 16 heavy (non-hydrogen) atoms. The number of aliphatic hydroxyl groups is 2. The van der Waals surface area contributed by atoms with E-state index in [1.165, 1.54) is 5.56 Å². The van der Waals surface area contributed by atoms with Gasteiger partial charge in [0, 0.05) is 26.2 Å². The van der Waals surface area contributed by atoms with Crippen LogP contribution in [-0.4, -0.2) is 40.4 Å². The third-order valence-electron chi connectivity index (χ3n) is 3.00. The minimum absolute atomic E-state index is 0.541. The summed E-state index contributed by atoms with van der Waals surface area (Å²) in [7, 11) is 0. The van der Waals surface area contributed by atoms with Crippen molar-refractivity contribution >= 4 is 0 Å². The van der Waals surface area contributed by atoms with Gasteiger partial charge in [-0.05, 0) is 11.1 Å². The zero-order valence-corrected chi connectivity index (χ0v) is 9.21. The molecular weight excluding hydrogens is 204 g/mol. The monoisotopic (exact) mass is 222 g/mol. The first-order valence-corrected chi connectivity index (χ1v) is 5.55. The van der Waals surface area contributed by atoms with Gasteiger partial charge in [-0.25, -0.2) is 0 Å². The maximum Gasteiger partial charge on any atom is 0.0938 e. The van der Waals surface area contributed by atoms with E-state index in [4.69, 9.17) is 5.73 Å². The quantitative estimate of drug-likeness (QED) is 0.656. The Labute approximate surface area is 95.3 Å². The van der Waals surface area contributed by atoms with Crippen molar-refractivity contribution in [2.75, 3.05) is 13.1 Å². The first kappa shape index (κ1) is 11.5. The normalized spacial score (nSPS) is 26.2. The lowest BCUT2D eigenvalue weighted by Gasteiger charge is -2.14. The first-order valence-electron chi connectivity index (χ1n) is 5.55. The molecule has 0 aromatic heterocycles. The molecule has 4 nitrogen and oxygen atoms in total. The Balaban J connectivity index is 1.94. The zero-order chi connectivity index (χ0) is 11.5. The van der Waals surface area contributed by atoms with Gasteiger partial charge in [0.1, 0.15) is 0 Å². The van der Waals surface area contributed by atoms with Gasteiger partial charge >= 0.3 is 0 Å². The average Bonchev–Trinajstić information content (AvgIpc) is 2.59. The van der Waals surface area contributed by atoms with E-state index >= 15 is 0 Å². The Hall–Kier alpha value is -0.940. The number of aliphatic hydroxyl groups excluding tert-OH is 2. The summed E-state index contributed by atoms with van der Waals surface area (Å²) < 4.78 is 0. The molecule has 0 spiro atoms. The minimum Gasteiger partial charge on any atom is -0.389 e. The fraction of sp³-hybridized carbons (Fsp3) is 0.500. The van der Waals surface area contributed by atoms with Crippen LogP contribution in [0.25, 0.3) is 0 Å². The highest BCUT2D eigenvalue weighted by molar-refractivity contribution is 5.22. The number of β-amino-alcohol motifs (C(OH)–C–C–N with tert-alkyl or cyclic N) is 2. The fourth-order valence-electron chi connectivity index (χ4n) is 2.02. The van der Waals surface area contributed by atoms with Gasteiger partial charge in [-0.3, -0.25) is 4.90 Å². The summed E-state index contributed by atoms with van der Waals surface area (Å²) in [6.07, 6.45) is -1.22. The lowest BCUT2D eigenvalue weighted by atomic mass is 10.1. The maximum atomic E-state index is 9.42. The molecule has 2 atom stereocenters. The molecule has 1 aliphatic rings. The lowest BCUT2D eigenvalue weighted by molar-refractivity contribution is 0.0572. The number of benzene rings is 1. The molecule has 0 aliphatic carbocycles. The third-order valence-corrected chi connectivity index (χ3v) is 3.00. The van der Waals surface area contributed by atoms with Crippen molar-refractivity contribution in [2.24, 2.45) is 5.73 Å². The predicted molar refractivity (Wildman–Crippen MR) is 61.6 cm³/mol. The van der Waals surface area contributed by atoms with E-state index in [-0.39, 0.29) is 0 Å². The Morgan fingerprint density at radius 2 is 1.56 bits per heavy atom. The highest BCUT2D eigenvalue weighted by atomic mass is 16.3. The summed E-state index contributed by atoms with van der Waals surface area (Å²) in [5.74, 6) is 0. The minimum atomic E-state index is -0.608. The average molecular weight is 222 g/mol. The summed E-state index contributed by atoms with van der Waals surface area (Å²) in [4.78, 5) is 2.05. The van der Waals surface area contributed by atoms with Crippen LogP contribution in [0.2, 0.25) is 0 Å². The Morgan fingerprint density at radius 3 is 2.06 bits per heavy atom. The van der Waals surface area contributed by atoms with Crippen molar-refractivity contribution in [1.82, 2.24) is 4.90 Å². The van der Waals surface area contributed by atoms with Gasteiger partial charge in [-0.1, -0.05) is 24.3 Å². The third kappa shape index (κ3) is 2.59. The maximum absolute atomic E-state index is 9.42. The number of likely N-dealkylation sites (tertiary alicyclic amines) is 1. The van der Waals surface area contributed by atoms with Gasteiger partial charge in [-0.2, -0.15) is 0 Å². The molecule has 1 fully saturated rings. The smallest absolute Gasteiger partial charge is 0.0938 e. The highest BCUT2D eigenvalue weighted by Gasteiger charge is 2.29. The van der Waals surface area contributed by atoms with E-state index in [9.17, 15) is 10.2 Å². The molecule has 2 rings (SSSR count). The number of hydrogen-bond acceptors (Lipinski definition) is 4. The van der Waals surface area contributed by atoms with Crippen molar-refractivity contribution in [3.8, 4) is 0 Å². The summed E-state index contributed by atoms with van der Waals surface area (Å²) in [6, 6.07) is 8.11. The molecule has 4 heteroatoms. The Kier molecular flexibility index (Phi) is 3.56. The molecular formula is C12H18N2O2.